The molecule has 43 heavy (non-hydrogen) atoms. The second kappa shape index (κ2) is 8.87. The second-order valence-corrected chi connectivity index (χ2v) is 13.0. The van der Waals surface area contributed by atoms with Gasteiger partial charge in [0.15, 0.2) is 5.71 Å². The quantitative estimate of drug-likeness (QED) is 0.159. The maximum Gasteiger partial charge on any atom is 0.335 e. The van der Waals surface area contributed by atoms with Crippen LogP contribution in [-0.2, 0) is 15.6 Å². The normalized spacial score (nSPS) is 22.1. The molecule has 0 spiro atoms. The highest BCUT2D eigenvalue weighted by atomic mass is 16.4. The lowest BCUT2D eigenvalue weighted by molar-refractivity contribution is -0.401. The van der Waals surface area contributed by atoms with E-state index in [1.165, 1.54) is 16.3 Å². The molecule has 4 aromatic carbocycles. The Morgan fingerprint density at radius 1 is 0.930 bits per heavy atom. The largest absolute Gasteiger partial charge is 0.478 e. The van der Waals surface area contributed by atoms with E-state index >= 15 is 0 Å². The molecule has 2 aliphatic heterocycles. The minimum atomic E-state index is -0.944. The third-order valence-corrected chi connectivity index (χ3v) is 9.93. The number of anilines is 1. The summed E-state index contributed by atoms with van der Waals surface area (Å²) >= 11 is 0. The van der Waals surface area contributed by atoms with Gasteiger partial charge in [0.05, 0.1) is 16.8 Å². The van der Waals surface area contributed by atoms with E-state index in [2.05, 4.69) is 80.6 Å². The Bertz CT molecular complexity index is 2050. The SMILES string of the molecule is [CH-]=C1C(=CC2=[N+](C)c3ccc4ccccc4c3C2(C)C)C(=O)C1C=C1N(C)c2ccc3cc(C(=O)O)ccc3c2C1(C)C. The summed E-state index contributed by atoms with van der Waals surface area (Å²) in [7, 11) is 4.07. The summed E-state index contributed by atoms with van der Waals surface area (Å²) in [5.41, 5.74) is 7.33. The molecular formula is C38H34N2O3. The molecule has 0 aromatic heterocycles. The molecule has 1 atom stereocenters. The number of rotatable bonds is 3. The Hall–Kier alpha value is -4.77. The highest BCUT2D eigenvalue weighted by Gasteiger charge is 2.45. The van der Waals surface area contributed by atoms with Gasteiger partial charge < -0.3 is 14.8 Å². The molecule has 1 aliphatic carbocycles. The van der Waals surface area contributed by atoms with E-state index in [1.807, 2.05) is 37.4 Å². The van der Waals surface area contributed by atoms with E-state index in [-0.39, 0.29) is 16.8 Å². The van der Waals surface area contributed by atoms with Crippen molar-refractivity contribution in [1.82, 2.24) is 0 Å². The first-order chi connectivity index (χ1) is 20.3. The van der Waals surface area contributed by atoms with Crippen molar-refractivity contribution in [2.75, 3.05) is 19.0 Å². The van der Waals surface area contributed by atoms with E-state index < -0.39 is 17.3 Å². The predicted molar refractivity (Wildman–Crippen MR) is 173 cm³/mol. The number of ketones is 1. The van der Waals surface area contributed by atoms with E-state index in [0.717, 1.165) is 39.1 Å². The van der Waals surface area contributed by atoms with Crippen molar-refractivity contribution in [3.63, 3.8) is 0 Å². The zero-order valence-corrected chi connectivity index (χ0v) is 25.3. The van der Waals surface area contributed by atoms with E-state index in [9.17, 15) is 14.7 Å². The van der Waals surface area contributed by atoms with Crippen LogP contribution in [0.1, 0.15) is 49.2 Å². The monoisotopic (exact) mass is 566 g/mol. The van der Waals surface area contributed by atoms with Gasteiger partial charge >= 0.3 is 5.97 Å². The maximum atomic E-state index is 13.7. The molecule has 3 aliphatic rings. The lowest BCUT2D eigenvalue weighted by Gasteiger charge is -2.40. The molecule has 214 valence electrons. The van der Waals surface area contributed by atoms with Crippen LogP contribution in [-0.4, -0.2) is 41.2 Å². The number of aromatic carboxylic acids is 1. The first-order valence-electron chi connectivity index (χ1n) is 14.6. The number of hydrogen-bond acceptors (Lipinski definition) is 3. The molecule has 0 saturated heterocycles. The van der Waals surface area contributed by atoms with Crippen molar-refractivity contribution in [2.24, 2.45) is 5.92 Å². The Morgan fingerprint density at radius 3 is 2.35 bits per heavy atom. The number of carbonyl (C=O) groups excluding carboxylic acids is 1. The van der Waals surface area contributed by atoms with Gasteiger partial charge in [-0.3, -0.25) is 6.58 Å². The van der Waals surface area contributed by atoms with Gasteiger partial charge in [0.25, 0.3) is 0 Å². The lowest BCUT2D eigenvalue weighted by Crippen LogP contribution is -2.36. The fourth-order valence-electron chi connectivity index (χ4n) is 7.69. The summed E-state index contributed by atoms with van der Waals surface area (Å²) in [5.74, 6) is -1.42. The summed E-state index contributed by atoms with van der Waals surface area (Å²) in [6, 6.07) is 22.0. The average molecular weight is 567 g/mol. The number of benzene rings is 4. The van der Waals surface area contributed by atoms with E-state index in [1.54, 1.807) is 12.1 Å². The summed E-state index contributed by atoms with van der Waals surface area (Å²) in [5, 5.41) is 13.8. The molecule has 1 unspecified atom stereocenters. The number of carboxylic acids is 1. The van der Waals surface area contributed by atoms with Crippen molar-refractivity contribution >= 4 is 50.4 Å². The summed E-state index contributed by atoms with van der Waals surface area (Å²) < 4.78 is 2.19. The Labute approximate surface area is 251 Å². The molecule has 4 aromatic rings. The van der Waals surface area contributed by atoms with Crippen LogP contribution in [0.2, 0.25) is 0 Å². The topological polar surface area (TPSA) is 60.6 Å². The zero-order chi connectivity index (χ0) is 30.6. The van der Waals surface area contributed by atoms with Crippen molar-refractivity contribution in [3.05, 3.63) is 119 Å². The van der Waals surface area contributed by atoms with E-state index in [0.29, 0.717) is 11.1 Å². The van der Waals surface area contributed by atoms with Crippen LogP contribution in [0.5, 0.6) is 0 Å². The van der Waals surface area contributed by atoms with Crippen LogP contribution in [0.3, 0.4) is 0 Å². The molecule has 1 saturated carbocycles. The number of fused-ring (bicyclic) bond motifs is 6. The number of nitrogens with zero attached hydrogens (tertiary/aromatic N) is 2. The molecule has 7 rings (SSSR count). The first-order valence-corrected chi connectivity index (χ1v) is 14.6. The summed E-state index contributed by atoms with van der Waals surface area (Å²) in [6.45, 7) is 15.4. The van der Waals surface area contributed by atoms with Crippen LogP contribution >= 0.6 is 0 Å². The van der Waals surface area contributed by atoms with E-state index in [4.69, 9.17) is 6.58 Å². The van der Waals surface area contributed by atoms with Crippen LogP contribution in [0.4, 0.5) is 11.4 Å². The van der Waals surface area contributed by atoms with Gasteiger partial charge in [-0.2, -0.15) is 4.58 Å². The Morgan fingerprint density at radius 2 is 1.63 bits per heavy atom. The predicted octanol–water partition coefficient (Wildman–Crippen LogP) is 7.49. The number of Topliss-reactive ketones (excluding diaryl/α,β-unsaturated/α-hetero) is 1. The van der Waals surface area contributed by atoms with Crippen LogP contribution in [0.15, 0.2) is 95.7 Å². The second-order valence-electron chi connectivity index (χ2n) is 13.0. The first kappa shape index (κ1) is 27.1. The Balaban J connectivity index is 1.24. The zero-order valence-electron chi connectivity index (χ0n) is 25.3. The van der Waals surface area contributed by atoms with Gasteiger partial charge in [-0.25, -0.2) is 10.4 Å². The number of allylic oxidation sites excluding steroid dienone is 5. The third kappa shape index (κ3) is 3.60. The molecule has 1 fully saturated rings. The molecule has 0 radical (unpaired) electrons. The molecule has 0 bridgehead atoms. The standard InChI is InChI=1S/C38H34N2O3/c1-21-27(19-31-37(2,3)33-25-11-9-8-10-22(25)13-16-29(33)39(31)6)35(41)28(21)20-32-38(4,5)34-26-15-12-24(36(42)43)18-23(26)14-17-30(34)40(32)7/h1,8-20,28H,2-7H3,(H,42,43). The number of carbonyl (C=O) groups is 2. The highest BCUT2D eigenvalue weighted by Crippen LogP contribution is 2.52. The highest BCUT2D eigenvalue weighted by molar-refractivity contribution is 6.19. The third-order valence-electron chi connectivity index (χ3n) is 9.93. The van der Waals surface area contributed by atoms with Crippen molar-refractivity contribution in [3.8, 4) is 0 Å². The summed E-state index contributed by atoms with van der Waals surface area (Å²) in [6.07, 6.45) is 4.01. The van der Waals surface area contributed by atoms with Gasteiger partial charge in [-0.15, -0.1) is 5.57 Å². The lowest BCUT2D eigenvalue weighted by atomic mass is 9.70. The van der Waals surface area contributed by atoms with Crippen LogP contribution in [0.25, 0.3) is 21.5 Å². The van der Waals surface area contributed by atoms with Gasteiger partial charge in [-0.05, 0) is 65.2 Å². The minimum absolute atomic E-state index is 0.0265. The summed E-state index contributed by atoms with van der Waals surface area (Å²) in [4.78, 5) is 27.4. The van der Waals surface area contributed by atoms with Gasteiger partial charge in [-0.1, -0.05) is 62.4 Å². The van der Waals surface area contributed by atoms with Crippen molar-refractivity contribution in [1.29, 1.82) is 0 Å². The number of carboxylic acid groups (broad SMARTS) is 1. The van der Waals surface area contributed by atoms with Crippen molar-refractivity contribution in [2.45, 2.75) is 38.5 Å². The fraction of sp³-hybridized carbons (Fsp3) is 0.237. The molecule has 1 N–H and O–H groups in total. The van der Waals surface area contributed by atoms with Crippen LogP contribution in [0, 0.1) is 12.5 Å². The fourth-order valence-corrected chi connectivity index (χ4v) is 7.69. The molecule has 2 heterocycles. The molecular weight excluding hydrogens is 532 g/mol. The van der Waals surface area contributed by atoms with Gasteiger partial charge in [0.1, 0.15) is 7.05 Å². The smallest absolute Gasteiger partial charge is 0.335 e. The van der Waals surface area contributed by atoms with Crippen LogP contribution < -0.4 is 4.90 Å². The Kier molecular flexibility index (Phi) is 5.59. The number of hydrogen-bond donors (Lipinski definition) is 1. The van der Waals surface area contributed by atoms with Gasteiger partial charge in [0, 0.05) is 41.4 Å². The maximum absolute atomic E-state index is 13.7. The molecule has 5 nitrogen and oxygen atoms in total. The average Bonchev–Trinajstić information content (AvgIpc) is 3.30. The van der Waals surface area contributed by atoms with Gasteiger partial charge in [0.2, 0.25) is 5.69 Å². The minimum Gasteiger partial charge on any atom is -0.478 e. The molecule has 5 heteroatoms. The number of likely N-dealkylation sites (N-methyl/N-ethyl adjacent to an activating group) is 1. The molecule has 0 amide bonds. The van der Waals surface area contributed by atoms with Crippen molar-refractivity contribution < 1.29 is 19.3 Å².